The van der Waals surface area contributed by atoms with Crippen LogP contribution in [-0.2, 0) is 11.3 Å². The van der Waals surface area contributed by atoms with E-state index in [-0.39, 0.29) is 11.9 Å². The third-order valence-corrected chi connectivity index (χ3v) is 5.05. The summed E-state index contributed by atoms with van der Waals surface area (Å²) < 4.78 is 12.6. The average molecular weight is 366 g/mol. The molecule has 7 nitrogen and oxygen atoms in total. The first-order valence-electron chi connectivity index (χ1n) is 9.01. The van der Waals surface area contributed by atoms with Crippen molar-refractivity contribution in [3.63, 3.8) is 0 Å². The number of morpholine rings is 1. The molecule has 1 aliphatic rings. The second-order valence-corrected chi connectivity index (χ2v) is 6.74. The fourth-order valence-corrected chi connectivity index (χ4v) is 3.57. The number of aryl methyl sites for hydroxylation is 1. The van der Waals surface area contributed by atoms with E-state index in [1.807, 2.05) is 38.1 Å². The standard InChI is InChI=1S/C20H22N4O3/c1-14-10-17(15(2)24(14)11-16-6-4-3-5-7-16)20(25)23-8-9-26-12-18(23)19-21-13-27-22-19/h3-7,10,13,18H,8-9,11-12H2,1-2H3/t18-/m1/s1. The van der Waals surface area contributed by atoms with E-state index >= 15 is 0 Å². The first-order valence-corrected chi connectivity index (χ1v) is 9.01. The van der Waals surface area contributed by atoms with Crippen LogP contribution in [0.5, 0.6) is 0 Å². The fraction of sp³-hybridized carbons (Fsp3) is 0.350. The van der Waals surface area contributed by atoms with Gasteiger partial charge >= 0.3 is 0 Å². The third-order valence-electron chi connectivity index (χ3n) is 5.05. The summed E-state index contributed by atoms with van der Waals surface area (Å²) in [6, 6.07) is 11.9. The van der Waals surface area contributed by atoms with E-state index in [0.717, 1.165) is 17.9 Å². The number of nitrogens with zero attached hydrogens (tertiary/aromatic N) is 4. The second-order valence-electron chi connectivity index (χ2n) is 6.74. The highest BCUT2D eigenvalue weighted by molar-refractivity contribution is 5.96. The Morgan fingerprint density at radius 3 is 2.81 bits per heavy atom. The monoisotopic (exact) mass is 366 g/mol. The van der Waals surface area contributed by atoms with Crippen molar-refractivity contribution in [3.05, 3.63) is 71.1 Å². The summed E-state index contributed by atoms with van der Waals surface area (Å²) in [6.45, 7) is 6.14. The lowest BCUT2D eigenvalue weighted by Gasteiger charge is -2.33. The number of carbonyl (C=O) groups excluding carboxylic acids is 1. The minimum atomic E-state index is -0.331. The molecule has 0 spiro atoms. The van der Waals surface area contributed by atoms with E-state index in [9.17, 15) is 4.79 Å². The summed E-state index contributed by atoms with van der Waals surface area (Å²) in [5, 5.41) is 3.90. The Morgan fingerprint density at radius 1 is 1.26 bits per heavy atom. The molecule has 1 aliphatic heterocycles. The molecule has 0 saturated carbocycles. The molecular formula is C20H22N4O3. The van der Waals surface area contributed by atoms with Crippen LogP contribution in [0, 0.1) is 13.8 Å². The highest BCUT2D eigenvalue weighted by Crippen LogP contribution is 2.26. The molecule has 4 rings (SSSR count). The van der Waals surface area contributed by atoms with E-state index in [0.29, 0.717) is 31.1 Å². The Kier molecular flexibility index (Phi) is 4.77. The van der Waals surface area contributed by atoms with Gasteiger partial charge in [0.2, 0.25) is 6.39 Å². The van der Waals surface area contributed by atoms with Gasteiger partial charge in [0.15, 0.2) is 5.82 Å². The van der Waals surface area contributed by atoms with Crippen LogP contribution in [-0.4, -0.2) is 45.3 Å². The molecule has 1 fully saturated rings. The Hall–Kier alpha value is -2.93. The van der Waals surface area contributed by atoms with Crippen molar-refractivity contribution in [2.75, 3.05) is 19.8 Å². The number of benzene rings is 1. The first kappa shape index (κ1) is 17.5. The number of hydrogen-bond acceptors (Lipinski definition) is 5. The van der Waals surface area contributed by atoms with Crippen molar-refractivity contribution in [2.45, 2.75) is 26.4 Å². The first-order chi connectivity index (χ1) is 13.1. The molecule has 1 aromatic carbocycles. The van der Waals surface area contributed by atoms with Crippen LogP contribution in [0.3, 0.4) is 0 Å². The average Bonchev–Trinajstić information content (AvgIpc) is 3.33. The third kappa shape index (κ3) is 3.38. The SMILES string of the molecule is Cc1cc(C(=O)N2CCOC[C@@H]2c2ncon2)c(C)n1Cc1ccccc1. The molecule has 0 bridgehead atoms. The summed E-state index contributed by atoms with van der Waals surface area (Å²) in [5.74, 6) is 0.446. The predicted octanol–water partition coefficient (Wildman–Crippen LogP) is 2.75. The highest BCUT2D eigenvalue weighted by atomic mass is 16.5. The number of rotatable bonds is 4. The topological polar surface area (TPSA) is 73.4 Å². The van der Waals surface area contributed by atoms with E-state index in [4.69, 9.17) is 9.26 Å². The van der Waals surface area contributed by atoms with Gasteiger partial charge in [-0.25, -0.2) is 0 Å². The van der Waals surface area contributed by atoms with Crippen LogP contribution < -0.4 is 0 Å². The molecule has 0 radical (unpaired) electrons. The molecule has 2 aromatic heterocycles. The Labute approximate surface area is 157 Å². The zero-order chi connectivity index (χ0) is 18.8. The van der Waals surface area contributed by atoms with Gasteiger partial charge in [-0.2, -0.15) is 4.98 Å². The molecule has 1 atom stereocenters. The van der Waals surface area contributed by atoms with Crippen LogP contribution in [0.25, 0.3) is 0 Å². The summed E-state index contributed by atoms with van der Waals surface area (Å²) >= 11 is 0. The van der Waals surface area contributed by atoms with E-state index < -0.39 is 0 Å². The zero-order valence-electron chi connectivity index (χ0n) is 15.5. The van der Waals surface area contributed by atoms with Gasteiger partial charge < -0.3 is 18.7 Å². The maximum absolute atomic E-state index is 13.3. The molecule has 0 aliphatic carbocycles. The maximum atomic E-state index is 13.3. The molecule has 1 amide bonds. The minimum Gasteiger partial charge on any atom is -0.377 e. The van der Waals surface area contributed by atoms with E-state index in [2.05, 4.69) is 26.8 Å². The quantitative estimate of drug-likeness (QED) is 0.710. The van der Waals surface area contributed by atoms with Crippen LogP contribution in [0.4, 0.5) is 0 Å². The van der Waals surface area contributed by atoms with E-state index in [1.165, 1.54) is 12.0 Å². The zero-order valence-corrected chi connectivity index (χ0v) is 15.5. The lowest BCUT2D eigenvalue weighted by Crippen LogP contribution is -2.44. The molecular weight excluding hydrogens is 344 g/mol. The van der Waals surface area contributed by atoms with Crippen molar-refractivity contribution in [1.29, 1.82) is 0 Å². The Balaban J connectivity index is 1.62. The van der Waals surface area contributed by atoms with E-state index in [1.54, 1.807) is 4.90 Å². The van der Waals surface area contributed by atoms with Crippen molar-refractivity contribution in [2.24, 2.45) is 0 Å². The van der Waals surface area contributed by atoms with Crippen molar-refractivity contribution < 1.29 is 14.1 Å². The van der Waals surface area contributed by atoms with Gasteiger partial charge in [-0.1, -0.05) is 35.5 Å². The predicted molar refractivity (Wildman–Crippen MR) is 98.3 cm³/mol. The van der Waals surface area contributed by atoms with Crippen LogP contribution in [0.15, 0.2) is 47.3 Å². The van der Waals surface area contributed by atoms with Gasteiger partial charge in [-0.3, -0.25) is 4.79 Å². The second kappa shape index (κ2) is 7.36. The number of aromatic nitrogens is 3. The summed E-state index contributed by atoms with van der Waals surface area (Å²) in [7, 11) is 0. The van der Waals surface area contributed by atoms with Crippen LogP contribution in [0.1, 0.15) is 39.2 Å². The van der Waals surface area contributed by atoms with Gasteiger partial charge in [0.25, 0.3) is 5.91 Å². The normalized spacial score (nSPS) is 17.3. The van der Waals surface area contributed by atoms with Crippen molar-refractivity contribution in [3.8, 4) is 0 Å². The van der Waals surface area contributed by atoms with Crippen molar-refractivity contribution >= 4 is 5.91 Å². The molecule has 27 heavy (non-hydrogen) atoms. The highest BCUT2D eigenvalue weighted by Gasteiger charge is 2.33. The fourth-order valence-electron chi connectivity index (χ4n) is 3.57. The van der Waals surface area contributed by atoms with Gasteiger partial charge in [0.1, 0.15) is 6.04 Å². The molecule has 1 saturated heterocycles. The molecule has 140 valence electrons. The molecule has 0 unspecified atom stereocenters. The lowest BCUT2D eigenvalue weighted by molar-refractivity contribution is -0.00581. The minimum absolute atomic E-state index is 0.0273. The smallest absolute Gasteiger partial charge is 0.256 e. The number of amides is 1. The summed E-state index contributed by atoms with van der Waals surface area (Å²) in [5.41, 5.74) is 3.93. The van der Waals surface area contributed by atoms with Gasteiger partial charge in [0, 0.05) is 24.5 Å². The van der Waals surface area contributed by atoms with Crippen LogP contribution in [0.2, 0.25) is 0 Å². The molecule has 0 N–H and O–H groups in total. The number of ether oxygens (including phenoxy) is 1. The van der Waals surface area contributed by atoms with Crippen LogP contribution >= 0.6 is 0 Å². The number of hydrogen-bond donors (Lipinski definition) is 0. The Morgan fingerprint density at radius 2 is 2.07 bits per heavy atom. The largest absolute Gasteiger partial charge is 0.377 e. The van der Waals surface area contributed by atoms with Gasteiger partial charge in [-0.15, -0.1) is 0 Å². The van der Waals surface area contributed by atoms with Gasteiger partial charge in [0.05, 0.1) is 18.8 Å². The Bertz CT molecular complexity index is 918. The molecule has 3 aromatic rings. The maximum Gasteiger partial charge on any atom is 0.256 e. The van der Waals surface area contributed by atoms with Crippen molar-refractivity contribution in [1.82, 2.24) is 19.6 Å². The molecule has 3 heterocycles. The summed E-state index contributed by atoms with van der Waals surface area (Å²) in [6.07, 6.45) is 1.28. The van der Waals surface area contributed by atoms with Gasteiger partial charge in [-0.05, 0) is 25.5 Å². The summed E-state index contributed by atoms with van der Waals surface area (Å²) in [4.78, 5) is 19.2. The number of carbonyl (C=O) groups is 1. The lowest BCUT2D eigenvalue weighted by atomic mass is 10.1. The molecule has 7 heteroatoms.